The van der Waals surface area contributed by atoms with E-state index in [0.29, 0.717) is 12.8 Å². The van der Waals surface area contributed by atoms with Crippen LogP contribution in [-0.4, -0.2) is 20.6 Å². The van der Waals surface area contributed by atoms with Crippen LogP contribution in [0.25, 0.3) is 0 Å². The number of rotatable bonds is 4. The highest BCUT2D eigenvalue weighted by Crippen LogP contribution is 2.39. The Morgan fingerprint density at radius 3 is 1.84 bits per heavy atom. The van der Waals surface area contributed by atoms with Gasteiger partial charge in [0.05, 0.1) is 0 Å². The van der Waals surface area contributed by atoms with E-state index in [-0.39, 0.29) is 11.1 Å². The second kappa shape index (κ2) is 7.43. The topological polar surface area (TPSA) is 9.23 Å². The molecular formula is C22H29FOSi. The van der Waals surface area contributed by atoms with Gasteiger partial charge in [-0.15, -0.1) is 0 Å². The Kier molecular flexibility index (Phi) is 5.45. The highest BCUT2D eigenvalue weighted by molar-refractivity contribution is 6.99. The summed E-state index contributed by atoms with van der Waals surface area (Å²) in [6, 6.07) is 21.2. The summed E-state index contributed by atoms with van der Waals surface area (Å²) < 4.78 is 21.0. The summed E-state index contributed by atoms with van der Waals surface area (Å²) in [6.45, 7) is 6.82. The molecule has 2 aromatic carbocycles. The molecule has 0 spiro atoms. The average molecular weight is 357 g/mol. The van der Waals surface area contributed by atoms with E-state index in [0.717, 1.165) is 12.8 Å². The molecule has 3 rings (SSSR count). The van der Waals surface area contributed by atoms with E-state index < -0.39 is 14.5 Å². The van der Waals surface area contributed by atoms with E-state index in [2.05, 4.69) is 81.4 Å². The lowest BCUT2D eigenvalue weighted by Gasteiger charge is -2.46. The molecule has 0 aliphatic heterocycles. The number of halogens is 1. The lowest BCUT2D eigenvalue weighted by Crippen LogP contribution is -2.68. The third kappa shape index (κ3) is 3.73. The van der Waals surface area contributed by atoms with Gasteiger partial charge in [0.15, 0.2) is 0 Å². The van der Waals surface area contributed by atoms with Gasteiger partial charge in [-0.05, 0) is 34.7 Å². The molecular weight excluding hydrogens is 327 g/mol. The minimum absolute atomic E-state index is 0.00931. The first kappa shape index (κ1) is 18.3. The van der Waals surface area contributed by atoms with Crippen molar-refractivity contribution < 1.29 is 8.82 Å². The molecule has 0 heterocycles. The van der Waals surface area contributed by atoms with Gasteiger partial charge in [0.25, 0.3) is 8.32 Å². The first-order chi connectivity index (χ1) is 11.9. The summed E-state index contributed by atoms with van der Waals surface area (Å²) in [6.07, 6.45) is 2.38. The van der Waals surface area contributed by atoms with E-state index in [9.17, 15) is 4.39 Å². The fourth-order valence-corrected chi connectivity index (χ4v) is 8.87. The molecule has 1 fully saturated rings. The molecule has 134 valence electrons. The SMILES string of the molecule is CC(C)(C)[Si](OC1CCCC(F)C1)(c1ccccc1)c1ccccc1. The third-order valence-electron chi connectivity index (χ3n) is 5.32. The zero-order chi connectivity index (χ0) is 17.9. The highest BCUT2D eigenvalue weighted by Gasteiger charge is 2.51. The van der Waals surface area contributed by atoms with Crippen LogP contribution in [0.3, 0.4) is 0 Å². The van der Waals surface area contributed by atoms with Crippen molar-refractivity contribution in [3.63, 3.8) is 0 Å². The van der Waals surface area contributed by atoms with Crippen molar-refractivity contribution in [1.82, 2.24) is 0 Å². The van der Waals surface area contributed by atoms with Crippen molar-refractivity contribution in [1.29, 1.82) is 0 Å². The van der Waals surface area contributed by atoms with Gasteiger partial charge in [-0.2, -0.15) is 0 Å². The number of benzene rings is 2. The minimum Gasteiger partial charge on any atom is -0.404 e. The van der Waals surface area contributed by atoms with Crippen LogP contribution in [0.1, 0.15) is 46.5 Å². The minimum atomic E-state index is -2.53. The van der Waals surface area contributed by atoms with Crippen molar-refractivity contribution >= 4 is 18.7 Å². The molecule has 0 bridgehead atoms. The van der Waals surface area contributed by atoms with Crippen LogP contribution in [0.4, 0.5) is 4.39 Å². The van der Waals surface area contributed by atoms with Gasteiger partial charge in [0, 0.05) is 12.5 Å². The van der Waals surface area contributed by atoms with E-state index >= 15 is 0 Å². The van der Waals surface area contributed by atoms with Gasteiger partial charge < -0.3 is 4.43 Å². The van der Waals surface area contributed by atoms with E-state index in [1.807, 2.05) is 0 Å². The Labute approximate surface area is 152 Å². The maximum Gasteiger partial charge on any atom is 0.261 e. The van der Waals surface area contributed by atoms with Gasteiger partial charge >= 0.3 is 0 Å². The average Bonchev–Trinajstić information content (AvgIpc) is 2.60. The molecule has 0 aromatic heterocycles. The third-order valence-corrected chi connectivity index (χ3v) is 10.4. The molecule has 2 unspecified atom stereocenters. The summed E-state index contributed by atoms with van der Waals surface area (Å²) in [5.41, 5.74) is 0. The van der Waals surface area contributed by atoms with Gasteiger partial charge in [0.1, 0.15) is 6.17 Å². The molecule has 1 aliphatic carbocycles. The molecule has 1 nitrogen and oxygen atoms in total. The van der Waals surface area contributed by atoms with Gasteiger partial charge in [0.2, 0.25) is 0 Å². The Hall–Kier alpha value is -1.45. The molecule has 25 heavy (non-hydrogen) atoms. The normalized spacial score (nSPS) is 21.9. The molecule has 1 saturated carbocycles. The Morgan fingerprint density at radius 1 is 0.880 bits per heavy atom. The fourth-order valence-electron chi connectivity index (χ4n) is 4.14. The molecule has 0 N–H and O–H groups in total. The van der Waals surface area contributed by atoms with Crippen LogP contribution in [0.5, 0.6) is 0 Å². The number of hydrogen-bond acceptors (Lipinski definition) is 1. The Balaban J connectivity index is 2.12. The first-order valence-corrected chi connectivity index (χ1v) is 11.3. The van der Waals surface area contributed by atoms with Crippen LogP contribution in [-0.2, 0) is 4.43 Å². The predicted molar refractivity (Wildman–Crippen MR) is 106 cm³/mol. The first-order valence-electron chi connectivity index (χ1n) is 9.36. The fraction of sp³-hybridized carbons (Fsp3) is 0.455. The van der Waals surface area contributed by atoms with Gasteiger partial charge in [-0.25, -0.2) is 4.39 Å². The van der Waals surface area contributed by atoms with E-state index in [1.54, 1.807) is 0 Å². The van der Waals surface area contributed by atoms with Crippen LogP contribution < -0.4 is 10.4 Å². The summed E-state index contributed by atoms with van der Waals surface area (Å²) in [7, 11) is -2.53. The monoisotopic (exact) mass is 356 g/mol. The van der Waals surface area contributed by atoms with Crippen LogP contribution in [0.2, 0.25) is 5.04 Å². The van der Waals surface area contributed by atoms with Crippen molar-refractivity contribution in [3.8, 4) is 0 Å². The summed E-state index contributed by atoms with van der Waals surface area (Å²) in [5.74, 6) is 0. The highest BCUT2D eigenvalue weighted by atomic mass is 28.4. The van der Waals surface area contributed by atoms with Crippen molar-refractivity contribution in [2.45, 2.75) is 63.8 Å². The summed E-state index contributed by atoms with van der Waals surface area (Å²) >= 11 is 0. The summed E-state index contributed by atoms with van der Waals surface area (Å²) in [5, 5.41) is 2.50. The second-order valence-electron chi connectivity index (χ2n) is 8.17. The van der Waals surface area contributed by atoms with Gasteiger partial charge in [-0.3, -0.25) is 0 Å². The lowest BCUT2D eigenvalue weighted by molar-refractivity contribution is 0.0948. The van der Waals surface area contributed by atoms with Crippen LogP contribution in [0, 0.1) is 0 Å². The molecule has 0 saturated heterocycles. The van der Waals surface area contributed by atoms with Gasteiger partial charge in [-0.1, -0.05) is 81.4 Å². The van der Waals surface area contributed by atoms with Crippen LogP contribution in [0.15, 0.2) is 60.7 Å². The van der Waals surface area contributed by atoms with Crippen molar-refractivity contribution in [3.05, 3.63) is 60.7 Å². The molecule has 0 radical (unpaired) electrons. The quantitative estimate of drug-likeness (QED) is 0.712. The smallest absolute Gasteiger partial charge is 0.261 e. The molecule has 2 aromatic rings. The predicted octanol–water partition coefficient (Wildman–Crippen LogP) is 4.84. The zero-order valence-electron chi connectivity index (χ0n) is 15.5. The zero-order valence-corrected chi connectivity index (χ0v) is 16.5. The van der Waals surface area contributed by atoms with E-state index in [1.165, 1.54) is 10.4 Å². The Bertz CT molecular complexity index is 626. The van der Waals surface area contributed by atoms with Crippen molar-refractivity contribution in [2.75, 3.05) is 0 Å². The number of hydrogen-bond donors (Lipinski definition) is 0. The molecule has 2 atom stereocenters. The molecule has 1 aliphatic rings. The molecule has 0 amide bonds. The van der Waals surface area contributed by atoms with E-state index in [4.69, 9.17) is 4.43 Å². The maximum atomic E-state index is 14.0. The largest absolute Gasteiger partial charge is 0.404 e. The maximum absolute atomic E-state index is 14.0. The summed E-state index contributed by atoms with van der Waals surface area (Å²) in [4.78, 5) is 0. The lowest BCUT2D eigenvalue weighted by atomic mass is 9.96. The van der Waals surface area contributed by atoms with Crippen molar-refractivity contribution in [2.24, 2.45) is 0 Å². The van der Waals surface area contributed by atoms with Crippen LogP contribution >= 0.6 is 0 Å². The molecule has 3 heteroatoms. The standard InChI is InChI=1S/C22H29FOSi/c1-22(2,3)25(20-13-6-4-7-14-20,21-15-8-5-9-16-21)24-19-12-10-11-18(23)17-19/h4-9,13-16,18-19H,10-12,17H2,1-3H3. The number of alkyl halides is 1. The Morgan fingerprint density at radius 2 is 1.40 bits per heavy atom. The second-order valence-corrected chi connectivity index (χ2v) is 12.4.